The van der Waals surface area contributed by atoms with Gasteiger partial charge in [-0.05, 0) is 130 Å². The van der Waals surface area contributed by atoms with Gasteiger partial charge in [-0.2, -0.15) is 0 Å². The highest BCUT2D eigenvalue weighted by atomic mass is 14.3. The second-order valence-corrected chi connectivity index (χ2v) is 10.8. The standard InChI is InChI=1S/C38H38/c1-3-16-27(4-2)29-19-10-5-6-11-20-30(28-17-8-7-9-18-28)36-26-38-34-24-15-13-22-32(34)31-21-12-14-23-33(31)37(38)25-35(29)36/h4-8,10-11,14-15,17,19-20,23-26H,3,9,12-13,16,18,21-22H2,1-2H3/b6-5?,10-5?,11-6?,19-10?,20-11?,27-4+,29-19?,30-20?,35-29?,36-30?. The molecule has 0 atom stereocenters. The minimum absolute atomic E-state index is 1.08. The topological polar surface area (TPSA) is 0 Å². The third-order valence-electron chi connectivity index (χ3n) is 8.46. The molecule has 190 valence electrons. The van der Waals surface area contributed by atoms with Crippen LogP contribution in [0.2, 0.25) is 0 Å². The average Bonchev–Trinajstić information content (AvgIpc) is 2.98. The van der Waals surface area contributed by atoms with Crippen LogP contribution in [-0.2, 0) is 12.8 Å². The van der Waals surface area contributed by atoms with Gasteiger partial charge < -0.3 is 0 Å². The van der Waals surface area contributed by atoms with Crippen LogP contribution in [0.15, 0.2) is 85.0 Å². The van der Waals surface area contributed by atoms with Gasteiger partial charge in [0.25, 0.3) is 0 Å². The van der Waals surface area contributed by atoms with Crippen LogP contribution in [0.25, 0.3) is 44.8 Å². The van der Waals surface area contributed by atoms with Crippen molar-refractivity contribution in [2.75, 3.05) is 0 Å². The number of allylic oxidation sites excluding steroid dienone is 8. The molecule has 3 aliphatic carbocycles. The number of hydrogen-bond acceptors (Lipinski definition) is 0. The average molecular weight is 495 g/mol. The molecule has 0 heteroatoms. The van der Waals surface area contributed by atoms with Gasteiger partial charge in [-0.1, -0.05) is 98.4 Å². The molecule has 3 aromatic rings. The van der Waals surface area contributed by atoms with Crippen LogP contribution in [0.5, 0.6) is 0 Å². The molecule has 3 aliphatic rings. The van der Waals surface area contributed by atoms with Crippen molar-refractivity contribution < 1.29 is 0 Å². The molecule has 0 saturated heterocycles. The summed E-state index contributed by atoms with van der Waals surface area (Å²) < 4.78 is 0. The van der Waals surface area contributed by atoms with Crippen LogP contribution >= 0.6 is 0 Å². The van der Waals surface area contributed by atoms with Crippen molar-refractivity contribution in [3.63, 3.8) is 0 Å². The Labute approximate surface area is 228 Å². The lowest BCUT2D eigenvalue weighted by Gasteiger charge is -2.24. The second-order valence-electron chi connectivity index (χ2n) is 10.8. The third kappa shape index (κ3) is 4.47. The quantitative estimate of drug-likeness (QED) is 0.338. The highest BCUT2D eigenvalue weighted by Crippen LogP contribution is 2.42. The van der Waals surface area contributed by atoms with Gasteiger partial charge in [0.2, 0.25) is 0 Å². The number of fused-ring (bicyclic) bond motifs is 7. The molecule has 3 aromatic carbocycles. The van der Waals surface area contributed by atoms with E-state index in [2.05, 4.69) is 111 Å². The van der Waals surface area contributed by atoms with Crippen molar-refractivity contribution in [1.82, 2.24) is 0 Å². The smallest absolute Gasteiger partial charge is 0.00959 e. The van der Waals surface area contributed by atoms with Gasteiger partial charge in [-0.3, -0.25) is 0 Å². The van der Waals surface area contributed by atoms with E-state index < -0.39 is 0 Å². The first-order chi connectivity index (χ1) is 18.8. The van der Waals surface area contributed by atoms with Crippen molar-refractivity contribution in [3.8, 4) is 0 Å². The Morgan fingerprint density at radius 2 is 1.39 bits per heavy atom. The van der Waals surface area contributed by atoms with Crippen LogP contribution < -0.4 is 0 Å². The fraction of sp³-hybridized carbons (Fsp3) is 0.263. The van der Waals surface area contributed by atoms with Gasteiger partial charge in [-0.25, -0.2) is 0 Å². The maximum absolute atomic E-state index is 2.54. The van der Waals surface area contributed by atoms with Gasteiger partial charge in [0.1, 0.15) is 0 Å². The lowest BCUT2D eigenvalue weighted by atomic mass is 9.79. The van der Waals surface area contributed by atoms with Crippen LogP contribution in [-0.4, -0.2) is 0 Å². The summed E-state index contributed by atoms with van der Waals surface area (Å²) in [6.45, 7) is 4.49. The van der Waals surface area contributed by atoms with Gasteiger partial charge in [0.15, 0.2) is 0 Å². The van der Waals surface area contributed by atoms with Crippen molar-refractivity contribution in [1.29, 1.82) is 0 Å². The van der Waals surface area contributed by atoms with Crippen LogP contribution in [0.1, 0.15) is 85.8 Å². The molecule has 6 rings (SSSR count). The second kappa shape index (κ2) is 11.0. The number of hydrogen-bond donors (Lipinski definition) is 0. The van der Waals surface area contributed by atoms with Gasteiger partial charge in [-0.15, -0.1) is 0 Å². The first-order valence-electron chi connectivity index (χ1n) is 14.6. The Morgan fingerprint density at radius 1 is 0.737 bits per heavy atom. The van der Waals surface area contributed by atoms with Gasteiger partial charge >= 0.3 is 0 Å². The lowest BCUT2D eigenvalue weighted by molar-refractivity contribution is 0.911. The van der Waals surface area contributed by atoms with E-state index in [4.69, 9.17) is 0 Å². The van der Waals surface area contributed by atoms with Crippen LogP contribution in [0, 0.1) is 0 Å². The fourth-order valence-corrected chi connectivity index (χ4v) is 6.65. The molecule has 0 bridgehead atoms. The zero-order valence-corrected chi connectivity index (χ0v) is 22.9. The highest BCUT2D eigenvalue weighted by molar-refractivity contribution is 6.11. The highest BCUT2D eigenvalue weighted by Gasteiger charge is 2.21. The summed E-state index contributed by atoms with van der Waals surface area (Å²) in [5, 5.41) is 5.54. The zero-order valence-electron chi connectivity index (χ0n) is 22.9. The maximum Gasteiger partial charge on any atom is -0.00959 e. The summed E-state index contributed by atoms with van der Waals surface area (Å²) >= 11 is 0. The summed E-state index contributed by atoms with van der Waals surface area (Å²) in [4.78, 5) is 0. The first kappa shape index (κ1) is 24.7. The normalized spacial score (nSPS) is 16.3. The molecule has 0 heterocycles. The molecule has 0 nitrogen and oxygen atoms in total. The van der Waals surface area contributed by atoms with Crippen molar-refractivity contribution >= 4 is 44.8 Å². The van der Waals surface area contributed by atoms with Crippen molar-refractivity contribution in [2.24, 2.45) is 0 Å². The van der Waals surface area contributed by atoms with E-state index in [0.717, 1.165) is 51.4 Å². The van der Waals surface area contributed by atoms with E-state index in [-0.39, 0.29) is 0 Å². The molecule has 0 saturated carbocycles. The van der Waals surface area contributed by atoms with E-state index in [1.54, 1.807) is 11.1 Å². The Hall–Kier alpha value is -3.64. The molecule has 0 amide bonds. The Balaban J connectivity index is 1.84. The molecule has 0 unspecified atom stereocenters. The molecular formula is C38H38. The SMILES string of the molecule is C/C=C(\CCC)c1ccccccc(C2=CC=CCC2)c2cc3c4c(c5c(c3cc12)C=CCC5)CCC=C4. The predicted molar refractivity (Wildman–Crippen MR) is 169 cm³/mol. The van der Waals surface area contributed by atoms with Crippen LogP contribution in [0.4, 0.5) is 0 Å². The van der Waals surface area contributed by atoms with E-state index >= 15 is 0 Å². The van der Waals surface area contributed by atoms with E-state index in [1.165, 1.54) is 54.9 Å². The lowest BCUT2D eigenvalue weighted by Crippen LogP contribution is -2.07. The predicted octanol–water partition coefficient (Wildman–Crippen LogP) is 11.0. The Bertz CT molecular complexity index is 1620. The Kier molecular flexibility index (Phi) is 7.14. The van der Waals surface area contributed by atoms with Crippen molar-refractivity contribution in [3.05, 3.63) is 118 Å². The summed E-state index contributed by atoms with van der Waals surface area (Å²) in [6.07, 6.45) is 27.8. The third-order valence-corrected chi connectivity index (χ3v) is 8.46. The Morgan fingerprint density at radius 3 is 2.03 bits per heavy atom. The fourth-order valence-electron chi connectivity index (χ4n) is 6.65. The van der Waals surface area contributed by atoms with Gasteiger partial charge in [0, 0.05) is 0 Å². The molecule has 0 fully saturated rings. The summed E-state index contributed by atoms with van der Waals surface area (Å²) in [5.41, 5.74) is 11.7. The first-order valence-corrected chi connectivity index (χ1v) is 14.6. The van der Waals surface area contributed by atoms with Gasteiger partial charge in [0.05, 0.1) is 0 Å². The number of benzene rings is 2. The zero-order chi connectivity index (χ0) is 25.9. The van der Waals surface area contributed by atoms with E-state index in [0.29, 0.717) is 0 Å². The monoisotopic (exact) mass is 494 g/mol. The minimum Gasteiger partial charge on any atom is -0.0842 e. The molecule has 38 heavy (non-hydrogen) atoms. The molecule has 0 aliphatic heterocycles. The van der Waals surface area contributed by atoms with E-state index in [1.807, 2.05) is 0 Å². The molecule has 0 N–H and O–H groups in total. The molecule has 0 aromatic heterocycles. The molecule has 0 radical (unpaired) electrons. The minimum atomic E-state index is 1.08. The molecular weight excluding hydrogens is 456 g/mol. The number of rotatable bonds is 4. The maximum atomic E-state index is 2.54. The molecule has 0 spiro atoms. The largest absolute Gasteiger partial charge is 0.0842 e. The van der Waals surface area contributed by atoms with E-state index in [9.17, 15) is 0 Å². The summed E-state index contributed by atoms with van der Waals surface area (Å²) in [7, 11) is 0. The van der Waals surface area contributed by atoms with Crippen molar-refractivity contribution in [2.45, 2.75) is 65.2 Å². The summed E-state index contributed by atoms with van der Waals surface area (Å²) in [5.74, 6) is 0. The summed E-state index contributed by atoms with van der Waals surface area (Å²) in [6, 6.07) is 18.5. The van der Waals surface area contributed by atoms with Crippen LogP contribution in [0.3, 0.4) is 0 Å².